The van der Waals surface area contributed by atoms with Crippen molar-refractivity contribution in [1.82, 2.24) is 4.98 Å². The maximum absolute atomic E-state index is 5.90. The Bertz CT molecular complexity index is 522. The minimum Gasteiger partial charge on any atom is -0.431 e. The standard InChI is InChI=1S/C12H12ClNO2S/c13-8-3-4-11-10(6-8)14-12(16-11)17-7-9-2-1-5-15-9/h3-4,6,9H,1-2,5,7H2. The number of aromatic nitrogens is 1. The van der Waals surface area contributed by atoms with Gasteiger partial charge in [-0.3, -0.25) is 0 Å². The molecule has 1 unspecified atom stereocenters. The van der Waals surface area contributed by atoms with Gasteiger partial charge in [0.2, 0.25) is 0 Å². The topological polar surface area (TPSA) is 35.3 Å². The number of fused-ring (bicyclic) bond motifs is 1. The summed E-state index contributed by atoms with van der Waals surface area (Å²) in [5.41, 5.74) is 1.59. The van der Waals surface area contributed by atoms with Crippen LogP contribution in [-0.2, 0) is 4.74 Å². The Morgan fingerprint density at radius 2 is 2.41 bits per heavy atom. The minimum atomic E-state index is 0.346. The summed E-state index contributed by atoms with van der Waals surface area (Å²) in [5, 5.41) is 1.37. The second-order valence-corrected chi connectivity index (χ2v) is 5.45. The van der Waals surface area contributed by atoms with Gasteiger partial charge in [0, 0.05) is 17.4 Å². The van der Waals surface area contributed by atoms with E-state index in [1.165, 1.54) is 0 Å². The van der Waals surface area contributed by atoms with Crippen LogP contribution in [0.5, 0.6) is 0 Å². The van der Waals surface area contributed by atoms with Crippen LogP contribution in [0.4, 0.5) is 0 Å². The van der Waals surface area contributed by atoms with Gasteiger partial charge in [-0.1, -0.05) is 23.4 Å². The fourth-order valence-electron chi connectivity index (χ4n) is 1.88. The van der Waals surface area contributed by atoms with Crippen molar-refractivity contribution in [3.8, 4) is 0 Å². The number of rotatable bonds is 3. The summed E-state index contributed by atoms with van der Waals surface area (Å²) in [4.78, 5) is 4.39. The van der Waals surface area contributed by atoms with Crippen molar-refractivity contribution in [2.75, 3.05) is 12.4 Å². The van der Waals surface area contributed by atoms with E-state index in [1.807, 2.05) is 18.2 Å². The van der Waals surface area contributed by atoms with Gasteiger partial charge in [0.05, 0.1) is 6.10 Å². The number of hydrogen-bond donors (Lipinski definition) is 0. The van der Waals surface area contributed by atoms with E-state index >= 15 is 0 Å². The average Bonchev–Trinajstić information content (AvgIpc) is 2.94. The SMILES string of the molecule is Clc1ccc2oc(SCC3CCCO3)nc2c1. The second-order valence-electron chi connectivity index (χ2n) is 4.04. The van der Waals surface area contributed by atoms with E-state index in [4.69, 9.17) is 20.8 Å². The number of benzene rings is 1. The molecule has 0 aliphatic carbocycles. The van der Waals surface area contributed by atoms with Crippen LogP contribution >= 0.6 is 23.4 Å². The molecule has 0 spiro atoms. The Morgan fingerprint density at radius 3 is 3.24 bits per heavy atom. The Labute approximate surface area is 108 Å². The van der Waals surface area contributed by atoms with Crippen LogP contribution in [0.1, 0.15) is 12.8 Å². The predicted octanol–water partition coefficient (Wildman–Crippen LogP) is 3.75. The van der Waals surface area contributed by atoms with Crippen molar-refractivity contribution in [2.24, 2.45) is 0 Å². The van der Waals surface area contributed by atoms with Crippen molar-refractivity contribution < 1.29 is 9.15 Å². The summed E-state index contributed by atoms with van der Waals surface area (Å²) in [5.74, 6) is 0.903. The van der Waals surface area contributed by atoms with E-state index in [2.05, 4.69) is 4.98 Å². The zero-order chi connectivity index (χ0) is 11.7. The highest BCUT2D eigenvalue weighted by molar-refractivity contribution is 7.99. The van der Waals surface area contributed by atoms with E-state index in [0.717, 1.165) is 36.3 Å². The van der Waals surface area contributed by atoms with Crippen LogP contribution in [0.25, 0.3) is 11.1 Å². The van der Waals surface area contributed by atoms with Gasteiger partial charge in [-0.05, 0) is 31.0 Å². The molecule has 1 aliphatic rings. The second kappa shape index (κ2) is 4.88. The third-order valence-corrected chi connectivity index (χ3v) is 3.94. The monoisotopic (exact) mass is 269 g/mol. The third kappa shape index (κ3) is 2.59. The first kappa shape index (κ1) is 11.4. The molecule has 3 nitrogen and oxygen atoms in total. The lowest BCUT2D eigenvalue weighted by atomic mass is 10.3. The molecule has 0 amide bonds. The van der Waals surface area contributed by atoms with Gasteiger partial charge < -0.3 is 9.15 Å². The minimum absolute atomic E-state index is 0.346. The fourth-order valence-corrected chi connectivity index (χ4v) is 2.95. The molecule has 1 aromatic carbocycles. The average molecular weight is 270 g/mol. The molecule has 0 saturated carbocycles. The molecule has 1 saturated heterocycles. The Balaban J connectivity index is 1.72. The Morgan fingerprint density at radius 1 is 1.47 bits per heavy atom. The molecule has 2 aromatic rings. The molecule has 0 bridgehead atoms. The summed E-state index contributed by atoms with van der Waals surface area (Å²) in [6.07, 6.45) is 2.64. The van der Waals surface area contributed by atoms with Crippen molar-refractivity contribution >= 4 is 34.5 Å². The van der Waals surface area contributed by atoms with Gasteiger partial charge >= 0.3 is 0 Å². The lowest BCUT2D eigenvalue weighted by Gasteiger charge is -2.05. The lowest BCUT2D eigenvalue weighted by molar-refractivity contribution is 0.128. The fraction of sp³-hybridized carbons (Fsp3) is 0.417. The number of hydrogen-bond acceptors (Lipinski definition) is 4. The van der Waals surface area contributed by atoms with Gasteiger partial charge in [0.25, 0.3) is 5.22 Å². The number of oxazole rings is 1. The van der Waals surface area contributed by atoms with E-state index < -0.39 is 0 Å². The van der Waals surface area contributed by atoms with Gasteiger partial charge in [0.15, 0.2) is 5.58 Å². The zero-order valence-corrected chi connectivity index (χ0v) is 10.8. The molecule has 0 radical (unpaired) electrons. The zero-order valence-electron chi connectivity index (χ0n) is 9.19. The molecule has 0 N–H and O–H groups in total. The lowest BCUT2D eigenvalue weighted by Crippen LogP contribution is -2.07. The van der Waals surface area contributed by atoms with Crippen LogP contribution in [0.2, 0.25) is 5.02 Å². The highest BCUT2D eigenvalue weighted by Crippen LogP contribution is 2.27. The van der Waals surface area contributed by atoms with Crippen LogP contribution in [0.15, 0.2) is 27.8 Å². The van der Waals surface area contributed by atoms with E-state index in [0.29, 0.717) is 16.3 Å². The van der Waals surface area contributed by atoms with E-state index in [-0.39, 0.29) is 0 Å². The molecule has 2 heterocycles. The largest absolute Gasteiger partial charge is 0.431 e. The van der Waals surface area contributed by atoms with E-state index in [9.17, 15) is 0 Å². The summed E-state index contributed by atoms with van der Waals surface area (Å²) in [7, 11) is 0. The maximum atomic E-state index is 5.90. The highest BCUT2D eigenvalue weighted by Gasteiger charge is 2.17. The molecule has 1 atom stereocenters. The van der Waals surface area contributed by atoms with Crippen molar-refractivity contribution in [3.05, 3.63) is 23.2 Å². The summed E-state index contributed by atoms with van der Waals surface area (Å²) < 4.78 is 11.2. The Hall–Kier alpha value is -0.710. The molecule has 1 aliphatic heterocycles. The maximum Gasteiger partial charge on any atom is 0.256 e. The summed E-state index contributed by atoms with van der Waals surface area (Å²) >= 11 is 7.50. The molecule has 1 fully saturated rings. The van der Waals surface area contributed by atoms with E-state index in [1.54, 1.807) is 11.8 Å². The highest BCUT2D eigenvalue weighted by atomic mass is 35.5. The molecule has 1 aromatic heterocycles. The first-order valence-corrected chi connectivity index (χ1v) is 6.98. The van der Waals surface area contributed by atoms with Gasteiger partial charge in [-0.25, -0.2) is 4.98 Å². The molecule has 3 rings (SSSR count). The van der Waals surface area contributed by atoms with Crippen LogP contribution in [0.3, 0.4) is 0 Å². The molecular formula is C12H12ClNO2S. The summed E-state index contributed by atoms with van der Waals surface area (Å²) in [6.45, 7) is 0.883. The van der Waals surface area contributed by atoms with Gasteiger partial charge in [-0.15, -0.1) is 0 Å². The molecule has 5 heteroatoms. The Kier molecular flexibility index (Phi) is 3.27. The number of ether oxygens (including phenoxy) is 1. The number of nitrogens with zero attached hydrogens (tertiary/aromatic N) is 1. The quantitative estimate of drug-likeness (QED) is 0.795. The molecule has 90 valence electrons. The summed E-state index contributed by atoms with van der Waals surface area (Å²) in [6, 6.07) is 5.47. The van der Waals surface area contributed by atoms with Gasteiger partial charge in [-0.2, -0.15) is 0 Å². The first-order valence-electron chi connectivity index (χ1n) is 5.62. The number of halogens is 1. The van der Waals surface area contributed by atoms with Crippen molar-refractivity contribution in [3.63, 3.8) is 0 Å². The first-order chi connectivity index (χ1) is 8.31. The normalized spacial score (nSPS) is 20.2. The van der Waals surface area contributed by atoms with Crippen molar-refractivity contribution in [1.29, 1.82) is 0 Å². The van der Waals surface area contributed by atoms with Gasteiger partial charge in [0.1, 0.15) is 5.52 Å². The predicted molar refractivity (Wildman–Crippen MR) is 68.7 cm³/mol. The number of thioether (sulfide) groups is 1. The van der Waals surface area contributed by atoms with Crippen molar-refractivity contribution in [2.45, 2.75) is 24.2 Å². The smallest absolute Gasteiger partial charge is 0.256 e. The third-order valence-electron chi connectivity index (χ3n) is 2.75. The molecule has 17 heavy (non-hydrogen) atoms. The van der Waals surface area contributed by atoms with Crippen LogP contribution < -0.4 is 0 Å². The van der Waals surface area contributed by atoms with Crippen LogP contribution in [0, 0.1) is 0 Å². The van der Waals surface area contributed by atoms with Crippen LogP contribution in [-0.4, -0.2) is 23.4 Å². The molecular weight excluding hydrogens is 258 g/mol.